The second kappa shape index (κ2) is 12.8. The Morgan fingerprint density at radius 3 is 2.47 bits per heavy atom. The lowest BCUT2D eigenvalue weighted by Crippen LogP contribution is -2.48. The quantitative estimate of drug-likeness (QED) is 0.221. The number of fused-ring (bicyclic) bond motifs is 3. The number of nitrogens with zero attached hydrogens (tertiary/aromatic N) is 6. The van der Waals surface area contributed by atoms with Gasteiger partial charge in [-0.2, -0.15) is 14.4 Å². The largest absolute Gasteiger partial charge is 0.497 e. The van der Waals surface area contributed by atoms with Crippen LogP contribution in [0.2, 0.25) is 5.15 Å². The summed E-state index contributed by atoms with van der Waals surface area (Å²) in [5.74, 6) is 1.30. The molecule has 12 nitrogen and oxygen atoms in total. The maximum absolute atomic E-state index is 13.7. The standard InChI is InChI=1S/C31H34ClN7O5S/c1-4-16-44-25-11-10-22(45(41,42)39-14-12-37(5-2)13-15-39)17-23(25)29-33-27-24-19-38(18-20-6-8-21(43-3)9-7-20)36-30(24)34-28(32)26(27)31(40)35-29/h6-11,17,19H,4-5,12-16,18H2,1-3H3,(H,33,35,40). The number of likely N-dealkylation sites (N-methyl/N-ethyl adjacent to an activating group) is 1. The van der Waals surface area contributed by atoms with Crippen molar-refractivity contribution in [3.05, 3.63) is 69.7 Å². The highest BCUT2D eigenvalue weighted by Crippen LogP contribution is 2.34. The Balaban J connectivity index is 1.45. The summed E-state index contributed by atoms with van der Waals surface area (Å²) in [6.07, 6.45) is 2.52. The van der Waals surface area contributed by atoms with Crippen molar-refractivity contribution < 1.29 is 17.9 Å². The van der Waals surface area contributed by atoms with Crippen molar-refractivity contribution in [1.82, 2.24) is 33.9 Å². The van der Waals surface area contributed by atoms with Crippen LogP contribution in [0.5, 0.6) is 11.5 Å². The lowest BCUT2D eigenvalue weighted by Gasteiger charge is -2.33. The Hall–Kier alpha value is -4.04. The molecular formula is C31H34ClN7O5S. The second-order valence-corrected chi connectivity index (χ2v) is 13.1. The summed E-state index contributed by atoms with van der Waals surface area (Å²) in [6.45, 7) is 7.87. The Kier molecular flexibility index (Phi) is 8.78. The highest BCUT2D eigenvalue weighted by Gasteiger charge is 2.29. The van der Waals surface area contributed by atoms with E-state index in [4.69, 9.17) is 21.1 Å². The maximum Gasteiger partial charge on any atom is 0.284 e. The Labute approximate surface area is 265 Å². The molecule has 0 spiro atoms. The van der Waals surface area contributed by atoms with E-state index in [0.29, 0.717) is 67.2 Å². The van der Waals surface area contributed by atoms with Gasteiger partial charge in [0, 0.05) is 32.4 Å². The van der Waals surface area contributed by atoms with Gasteiger partial charge in [0.1, 0.15) is 27.9 Å². The summed E-state index contributed by atoms with van der Waals surface area (Å²) < 4.78 is 41.9. The number of aromatic amines is 1. The van der Waals surface area contributed by atoms with Crippen molar-refractivity contribution in [2.75, 3.05) is 46.4 Å². The van der Waals surface area contributed by atoms with Crippen LogP contribution in [0.1, 0.15) is 25.8 Å². The van der Waals surface area contributed by atoms with E-state index in [1.54, 1.807) is 24.1 Å². The van der Waals surface area contributed by atoms with Gasteiger partial charge in [0.05, 0.1) is 41.6 Å². The van der Waals surface area contributed by atoms with Gasteiger partial charge in [-0.3, -0.25) is 9.48 Å². The van der Waals surface area contributed by atoms with Crippen molar-refractivity contribution in [1.29, 1.82) is 0 Å². The van der Waals surface area contributed by atoms with Crippen LogP contribution in [-0.2, 0) is 16.6 Å². The molecule has 0 saturated carbocycles. The normalized spacial score (nSPS) is 14.8. The van der Waals surface area contributed by atoms with Crippen LogP contribution in [0.3, 0.4) is 0 Å². The fourth-order valence-corrected chi connectivity index (χ4v) is 7.14. The van der Waals surface area contributed by atoms with Crippen LogP contribution >= 0.6 is 11.6 Å². The number of H-pyrrole nitrogens is 1. The van der Waals surface area contributed by atoms with Gasteiger partial charge in [0.15, 0.2) is 5.65 Å². The zero-order valence-corrected chi connectivity index (χ0v) is 26.9. The molecular weight excluding hydrogens is 618 g/mol. The van der Waals surface area contributed by atoms with Crippen LogP contribution in [0.15, 0.2) is 58.4 Å². The molecule has 0 aliphatic carbocycles. The first kappa shape index (κ1) is 31.0. The average molecular weight is 652 g/mol. The van der Waals surface area contributed by atoms with Gasteiger partial charge < -0.3 is 19.4 Å². The molecule has 1 aliphatic heterocycles. The number of piperazine rings is 1. The van der Waals surface area contributed by atoms with Crippen molar-refractivity contribution in [2.45, 2.75) is 31.7 Å². The van der Waals surface area contributed by atoms with E-state index in [2.05, 4.69) is 31.9 Å². The van der Waals surface area contributed by atoms with Gasteiger partial charge in [0.25, 0.3) is 5.56 Å². The highest BCUT2D eigenvalue weighted by molar-refractivity contribution is 7.89. The number of hydrogen-bond donors (Lipinski definition) is 1. The lowest BCUT2D eigenvalue weighted by atomic mass is 10.1. The first-order valence-corrected chi connectivity index (χ1v) is 16.6. The first-order valence-electron chi connectivity index (χ1n) is 14.8. The van der Waals surface area contributed by atoms with E-state index in [-0.39, 0.29) is 21.3 Å². The van der Waals surface area contributed by atoms with Gasteiger partial charge in [0.2, 0.25) is 10.0 Å². The number of rotatable bonds is 10. The summed E-state index contributed by atoms with van der Waals surface area (Å²) in [4.78, 5) is 27.6. The van der Waals surface area contributed by atoms with Gasteiger partial charge in [-0.05, 0) is 48.9 Å². The van der Waals surface area contributed by atoms with Crippen LogP contribution in [-0.4, -0.2) is 88.8 Å². The summed E-state index contributed by atoms with van der Waals surface area (Å²) in [5.41, 5.74) is 1.47. The highest BCUT2D eigenvalue weighted by atomic mass is 35.5. The number of benzene rings is 2. The zero-order valence-electron chi connectivity index (χ0n) is 25.3. The third-order valence-corrected chi connectivity index (χ3v) is 10.1. The minimum absolute atomic E-state index is 0.0301. The van der Waals surface area contributed by atoms with E-state index in [1.165, 1.54) is 16.4 Å². The van der Waals surface area contributed by atoms with Gasteiger partial charge in [-0.15, -0.1) is 0 Å². The maximum atomic E-state index is 13.7. The van der Waals surface area contributed by atoms with Crippen LogP contribution < -0.4 is 15.0 Å². The second-order valence-electron chi connectivity index (χ2n) is 10.8. The number of halogens is 1. The monoisotopic (exact) mass is 651 g/mol. The molecule has 3 aromatic heterocycles. The molecule has 1 saturated heterocycles. The molecule has 236 valence electrons. The van der Waals surface area contributed by atoms with Crippen molar-refractivity contribution in [3.63, 3.8) is 0 Å². The number of ether oxygens (including phenoxy) is 2. The predicted octanol–water partition coefficient (Wildman–Crippen LogP) is 4.16. The number of hydrogen-bond acceptors (Lipinski definition) is 9. The SMILES string of the molecule is CCCOc1ccc(S(=O)(=O)N2CCN(CC)CC2)cc1-c1nc(=O)c2c(Cl)nc3nn(Cc4ccc(OC)cc4)cc3c2[nH]1. The number of methoxy groups -OCH3 is 1. The Morgan fingerprint density at radius 1 is 1.02 bits per heavy atom. The number of nitrogens with one attached hydrogen (secondary N) is 1. The molecule has 1 aliphatic rings. The van der Waals surface area contributed by atoms with Crippen LogP contribution in [0.25, 0.3) is 33.3 Å². The number of aromatic nitrogens is 5. The number of pyridine rings is 1. The molecule has 0 radical (unpaired) electrons. The van der Waals surface area contributed by atoms with Crippen molar-refractivity contribution in [2.24, 2.45) is 0 Å². The van der Waals surface area contributed by atoms with E-state index in [9.17, 15) is 13.2 Å². The minimum atomic E-state index is -3.81. The topological polar surface area (TPSA) is 136 Å². The molecule has 0 amide bonds. The minimum Gasteiger partial charge on any atom is -0.497 e. The molecule has 45 heavy (non-hydrogen) atoms. The fraction of sp³-hybridized carbons (Fsp3) is 0.355. The Bertz CT molecular complexity index is 2020. The summed E-state index contributed by atoms with van der Waals surface area (Å²) in [5, 5.41) is 5.25. The molecule has 2 aromatic carbocycles. The third-order valence-electron chi connectivity index (χ3n) is 7.93. The number of sulfonamides is 1. The zero-order chi connectivity index (χ0) is 31.7. The molecule has 5 aromatic rings. The van der Waals surface area contributed by atoms with Crippen molar-refractivity contribution >= 4 is 43.6 Å². The van der Waals surface area contributed by atoms with Gasteiger partial charge >= 0.3 is 0 Å². The molecule has 0 atom stereocenters. The van der Waals surface area contributed by atoms with E-state index >= 15 is 0 Å². The summed E-state index contributed by atoms with van der Waals surface area (Å²) in [7, 11) is -2.19. The molecule has 4 heterocycles. The smallest absolute Gasteiger partial charge is 0.284 e. The predicted molar refractivity (Wildman–Crippen MR) is 173 cm³/mol. The Morgan fingerprint density at radius 2 is 1.78 bits per heavy atom. The molecule has 0 unspecified atom stereocenters. The van der Waals surface area contributed by atoms with E-state index < -0.39 is 15.6 Å². The molecule has 1 N–H and O–H groups in total. The van der Waals surface area contributed by atoms with Gasteiger partial charge in [-0.1, -0.05) is 37.6 Å². The van der Waals surface area contributed by atoms with Crippen molar-refractivity contribution in [3.8, 4) is 22.9 Å². The van der Waals surface area contributed by atoms with E-state index in [0.717, 1.165) is 24.3 Å². The molecule has 6 rings (SSSR count). The lowest BCUT2D eigenvalue weighted by molar-refractivity contribution is 0.196. The van der Waals surface area contributed by atoms with Gasteiger partial charge in [-0.25, -0.2) is 13.4 Å². The van der Waals surface area contributed by atoms with Crippen LogP contribution in [0.4, 0.5) is 0 Å². The fourth-order valence-electron chi connectivity index (χ4n) is 5.44. The molecule has 0 bridgehead atoms. The first-order chi connectivity index (χ1) is 21.7. The molecule has 1 fully saturated rings. The third kappa shape index (κ3) is 6.12. The average Bonchev–Trinajstić information content (AvgIpc) is 3.46. The van der Waals surface area contributed by atoms with E-state index in [1.807, 2.05) is 31.2 Å². The van der Waals surface area contributed by atoms with Crippen LogP contribution in [0, 0.1) is 0 Å². The molecule has 14 heteroatoms. The summed E-state index contributed by atoms with van der Waals surface area (Å²) >= 11 is 6.49. The summed E-state index contributed by atoms with van der Waals surface area (Å²) in [6, 6.07) is 12.3.